The zero-order valence-electron chi connectivity index (χ0n) is 11.5. The van der Waals surface area contributed by atoms with Gasteiger partial charge in [0.1, 0.15) is 0 Å². The van der Waals surface area contributed by atoms with Gasteiger partial charge in [-0.1, -0.05) is 30.3 Å². The third-order valence-corrected chi connectivity index (χ3v) is 4.49. The van der Waals surface area contributed by atoms with Crippen LogP contribution in [0.4, 0.5) is 0 Å². The molecule has 102 valence electrons. The Bertz CT molecular complexity index is 460. The van der Waals surface area contributed by atoms with Gasteiger partial charge in [0.25, 0.3) is 0 Å². The first-order chi connectivity index (χ1) is 9.20. The Morgan fingerprint density at radius 3 is 2.58 bits per heavy atom. The molecule has 0 aromatic heterocycles. The summed E-state index contributed by atoms with van der Waals surface area (Å²) in [5.74, 6) is 0.716. The van der Waals surface area contributed by atoms with E-state index in [1.54, 1.807) is 0 Å². The predicted molar refractivity (Wildman–Crippen MR) is 77.9 cm³/mol. The van der Waals surface area contributed by atoms with Crippen LogP contribution in [0.15, 0.2) is 35.3 Å². The van der Waals surface area contributed by atoms with E-state index in [9.17, 15) is 0 Å². The van der Waals surface area contributed by atoms with E-state index in [0.717, 1.165) is 39.0 Å². The van der Waals surface area contributed by atoms with E-state index >= 15 is 0 Å². The third kappa shape index (κ3) is 2.32. The lowest BCUT2D eigenvalue weighted by atomic mass is 9.86. The molecule has 19 heavy (non-hydrogen) atoms. The maximum Gasteiger partial charge on any atom is 0.192 e. The fourth-order valence-corrected chi connectivity index (χ4v) is 3.12. The first-order valence-corrected chi connectivity index (χ1v) is 7.00. The van der Waals surface area contributed by atoms with Crippen molar-refractivity contribution in [1.29, 1.82) is 0 Å². The minimum Gasteiger partial charge on any atom is -0.370 e. The molecule has 0 radical (unpaired) electrons. The number of rotatable bonds is 2. The van der Waals surface area contributed by atoms with Crippen LogP contribution in [-0.2, 0) is 6.54 Å². The van der Waals surface area contributed by atoms with Crippen molar-refractivity contribution in [3.8, 4) is 0 Å². The van der Waals surface area contributed by atoms with Crippen molar-refractivity contribution in [1.82, 2.24) is 9.80 Å². The number of hydrogen-bond donors (Lipinski definition) is 1. The number of aliphatic imine (C=N–C) groups is 1. The molecule has 0 bridgehead atoms. The Morgan fingerprint density at radius 2 is 1.89 bits per heavy atom. The smallest absolute Gasteiger partial charge is 0.192 e. The average molecular weight is 258 g/mol. The second kappa shape index (κ2) is 4.85. The molecule has 0 saturated carbocycles. The van der Waals surface area contributed by atoms with Crippen LogP contribution in [0.3, 0.4) is 0 Å². The minimum absolute atomic E-state index is 0.159. The maximum absolute atomic E-state index is 6.13. The van der Waals surface area contributed by atoms with Crippen LogP contribution in [0.2, 0.25) is 0 Å². The topological polar surface area (TPSA) is 44.9 Å². The number of benzene rings is 1. The van der Waals surface area contributed by atoms with Crippen molar-refractivity contribution in [2.45, 2.75) is 24.9 Å². The van der Waals surface area contributed by atoms with E-state index in [0.29, 0.717) is 5.96 Å². The van der Waals surface area contributed by atoms with Gasteiger partial charge in [0.05, 0.1) is 12.1 Å². The number of nitrogens with two attached hydrogens (primary N) is 1. The Hall–Kier alpha value is -1.55. The Balaban J connectivity index is 1.79. The standard InChI is InChI=1S/C15H22N4/c1-18-9-7-15(8-10-18)12-17-14(16)19(15)11-13-5-3-2-4-6-13/h2-6H,7-12H2,1H3,(H2,16,17). The van der Waals surface area contributed by atoms with E-state index in [-0.39, 0.29) is 5.54 Å². The van der Waals surface area contributed by atoms with Gasteiger partial charge in [0.2, 0.25) is 0 Å². The van der Waals surface area contributed by atoms with Gasteiger partial charge in [-0.15, -0.1) is 0 Å². The van der Waals surface area contributed by atoms with E-state index in [1.807, 2.05) is 0 Å². The van der Waals surface area contributed by atoms with Crippen LogP contribution >= 0.6 is 0 Å². The van der Waals surface area contributed by atoms with Gasteiger partial charge in [0, 0.05) is 19.6 Å². The van der Waals surface area contributed by atoms with Gasteiger partial charge in [0.15, 0.2) is 5.96 Å². The molecular formula is C15H22N4. The molecule has 4 heteroatoms. The van der Waals surface area contributed by atoms with E-state index in [4.69, 9.17) is 5.73 Å². The molecule has 3 rings (SSSR count). The zero-order valence-corrected chi connectivity index (χ0v) is 11.5. The monoisotopic (exact) mass is 258 g/mol. The predicted octanol–water partition coefficient (Wildman–Crippen LogP) is 1.28. The van der Waals surface area contributed by atoms with Crippen molar-refractivity contribution in [3.63, 3.8) is 0 Å². The van der Waals surface area contributed by atoms with Crippen LogP contribution in [-0.4, -0.2) is 48.0 Å². The number of nitrogens with zero attached hydrogens (tertiary/aromatic N) is 3. The summed E-state index contributed by atoms with van der Waals surface area (Å²) < 4.78 is 0. The number of piperidine rings is 1. The summed E-state index contributed by atoms with van der Waals surface area (Å²) in [4.78, 5) is 9.24. The lowest BCUT2D eigenvalue weighted by Crippen LogP contribution is -2.56. The first-order valence-electron chi connectivity index (χ1n) is 7.00. The molecule has 2 N–H and O–H groups in total. The number of hydrogen-bond acceptors (Lipinski definition) is 4. The third-order valence-electron chi connectivity index (χ3n) is 4.49. The van der Waals surface area contributed by atoms with E-state index < -0.39 is 0 Å². The normalized spacial score (nSPS) is 22.8. The summed E-state index contributed by atoms with van der Waals surface area (Å²) in [7, 11) is 2.19. The first kappa shape index (κ1) is 12.5. The molecule has 0 amide bonds. The summed E-state index contributed by atoms with van der Waals surface area (Å²) in [6, 6.07) is 10.5. The number of guanidine groups is 1. The quantitative estimate of drug-likeness (QED) is 0.869. The largest absolute Gasteiger partial charge is 0.370 e. The highest BCUT2D eigenvalue weighted by atomic mass is 15.4. The van der Waals surface area contributed by atoms with Crippen molar-refractivity contribution < 1.29 is 0 Å². The van der Waals surface area contributed by atoms with Crippen LogP contribution < -0.4 is 5.73 Å². The van der Waals surface area contributed by atoms with Crippen LogP contribution in [0, 0.1) is 0 Å². The molecule has 1 spiro atoms. The zero-order chi connectivity index (χ0) is 13.3. The average Bonchev–Trinajstić information content (AvgIpc) is 2.73. The van der Waals surface area contributed by atoms with Gasteiger partial charge in [-0.05, 0) is 25.5 Å². The number of likely N-dealkylation sites (tertiary alicyclic amines) is 1. The van der Waals surface area contributed by atoms with Gasteiger partial charge < -0.3 is 15.5 Å². The molecular weight excluding hydrogens is 236 g/mol. The van der Waals surface area contributed by atoms with Gasteiger partial charge in [-0.25, -0.2) is 0 Å². The van der Waals surface area contributed by atoms with Crippen molar-refractivity contribution >= 4 is 5.96 Å². The van der Waals surface area contributed by atoms with Crippen molar-refractivity contribution in [3.05, 3.63) is 35.9 Å². The Kier molecular flexibility index (Phi) is 3.19. The lowest BCUT2D eigenvalue weighted by Gasteiger charge is -2.44. The highest BCUT2D eigenvalue weighted by Gasteiger charge is 2.43. The second-order valence-electron chi connectivity index (χ2n) is 5.77. The highest BCUT2D eigenvalue weighted by Crippen LogP contribution is 2.33. The molecule has 2 aliphatic rings. The second-order valence-corrected chi connectivity index (χ2v) is 5.77. The molecule has 1 fully saturated rings. The summed E-state index contributed by atoms with van der Waals surface area (Å²) >= 11 is 0. The molecule has 0 aliphatic carbocycles. The SMILES string of the molecule is CN1CCC2(CC1)CN=C(N)N2Cc1ccccc1. The summed E-state index contributed by atoms with van der Waals surface area (Å²) in [6.45, 7) is 4.00. The summed E-state index contributed by atoms with van der Waals surface area (Å²) in [5.41, 5.74) is 7.59. The molecule has 1 aromatic rings. The van der Waals surface area contributed by atoms with Crippen LogP contribution in [0.5, 0.6) is 0 Å². The molecule has 2 heterocycles. The van der Waals surface area contributed by atoms with Gasteiger partial charge >= 0.3 is 0 Å². The fraction of sp³-hybridized carbons (Fsp3) is 0.533. The fourth-order valence-electron chi connectivity index (χ4n) is 3.12. The molecule has 0 unspecified atom stereocenters. The molecule has 1 aromatic carbocycles. The van der Waals surface area contributed by atoms with Crippen LogP contribution in [0.1, 0.15) is 18.4 Å². The molecule has 0 atom stereocenters. The van der Waals surface area contributed by atoms with Crippen molar-refractivity contribution in [2.75, 3.05) is 26.7 Å². The van der Waals surface area contributed by atoms with Gasteiger partial charge in [-0.3, -0.25) is 4.99 Å². The Morgan fingerprint density at radius 1 is 1.21 bits per heavy atom. The lowest BCUT2D eigenvalue weighted by molar-refractivity contribution is 0.0946. The molecule has 2 aliphatic heterocycles. The highest BCUT2D eigenvalue weighted by molar-refractivity contribution is 5.81. The summed E-state index contributed by atoms with van der Waals surface area (Å²) in [5, 5.41) is 0. The summed E-state index contributed by atoms with van der Waals surface area (Å²) in [6.07, 6.45) is 2.31. The van der Waals surface area contributed by atoms with Crippen molar-refractivity contribution in [2.24, 2.45) is 10.7 Å². The Labute approximate surface area is 114 Å². The van der Waals surface area contributed by atoms with E-state index in [1.165, 1.54) is 5.56 Å². The molecule has 4 nitrogen and oxygen atoms in total. The van der Waals surface area contributed by atoms with E-state index in [2.05, 4.69) is 52.2 Å². The van der Waals surface area contributed by atoms with Crippen LogP contribution in [0.25, 0.3) is 0 Å². The maximum atomic E-state index is 6.13. The van der Waals surface area contributed by atoms with Gasteiger partial charge in [-0.2, -0.15) is 0 Å². The minimum atomic E-state index is 0.159. The molecule has 1 saturated heterocycles.